The van der Waals surface area contributed by atoms with E-state index in [9.17, 15) is 14.4 Å². The number of pyridine rings is 2. The molecule has 0 aliphatic carbocycles. The summed E-state index contributed by atoms with van der Waals surface area (Å²) < 4.78 is 6.94. The Balaban J connectivity index is 2.46. The van der Waals surface area contributed by atoms with Gasteiger partial charge in [0.15, 0.2) is 5.76 Å². The Labute approximate surface area is 159 Å². The van der Waals surface area contributed by atoms with Crippen molar-refractivity contribution in [2.24, 2.45) is 11.5 Å². The van der Waals surface area contributed by atoms with E-state index in [2.05, 4.69) is 4.98 Å². The summed E-state index contributed by atoms with van der Waals surface area (Å²) in [5, 5.41) is 0. The van der Waals surface area contributed by atoms with Gasteiger partial charge < -0.3 is 26.2 Å². The van der Waals surface area contributed by atoms with E-state index in [0.29, 0.717) is 29.1 Å². The van der Waals surface area contributed by atoms with Gasteiger partial charge in [0.1, 0.15) is 11.5 Å². The Hall–Kier alpha value is -3.88. The predicted molar refractivity (Wildman–Crippen MR) is 103 cm³/mol. The summed E-state index contributed by atoms with van der Waals surface area (Å²) in [6.45, 7) is 2.25. The van der Waals surface area contributed by atoms with Gasteiger partial charge in [-0.1, -0.05) is 0 Å². The third-order valence-corrected chi connectivity index (χ3v) is 4.29. The summed E-state index contributed by atoms with van der Waals surface area (Å²) in [7, 11) is 0. The lowest BCUT2D eigenvalue weighted by Crippen LogP contribution is -2.23. The van der Waals surface area contributed by atoms with Crippen molar-refractivity contribution in [2.75, 3.05) is 5.73 Å². The Bertz CT molecular complexity index is 1120. The lowest BCUT2D eigenvalue weighted by molar-refractivity contribution is -0.117. The highest BCUT2D eigenvalue weighted by Crippen LogP contribution is 2.37. The maximum Gasteiger partial charge on any atom is 0.252 e. The molecule has 0 saturated heterocycles. The zero-order chi connectivity index (χ0) is 20.4. The molecule has 6 N–H and O–H groups in total. The second kappa shape index (κ2) is 7.39. The summed E-state index contributed by atoms with van der Waals surface area (Å²) in [5.41, 5.74) is 18.1. The molecular weight excluding hydrogens is 362 g/mol. The van der Waals surface area contributed by atoms with Crippen LogP contribution in [0.4, 0.5) is 5.82 Å². The third-order valence-electron chi connectivity index (χ3n) is 4.29. The summed E-state index contributed by atoms with van der Waals surface area (Å²) in [5.74, 6) is -1.28. The normalized spacial score (nSPS) is 10.8. The van der Waals surface area contributed by atoms with E-state index >= 15 is 0 Å². The number of rotatable bonds is 6. The molecule has 3 rings (SSSR count). The van der Waals surface area contributed by atoms with Gasteiger partial charge >= 0.3 is 0 Å². The van der Waals surface area contributed by atoms with Crippen molar-refractivity contribution in [3.8, 4) is 22.6 Å². The molecule has 28 heavy (non-hydrogen) atoms. The first-order valence-corrected chi connectivity index (χ1v) is 8.48. The lowest BCUT2D eigenvalue weighted by atomic mass is 9.91. The molecule has 9 heteroatoms. The topological polar surface area (TPSA) is 160 Å². The van der Waals surface area contributed by atoms with E-state index in [1.807, 2.05) is 6.92 Å². The molecule has 0 aliphatic rings. The van der Waals surface area contributed by atoms with Crippen LogP contribution >= 0.6 is 0 Å². The average Bonchev–Trinajstić information content (AvgIpc) is 3.16. The van der Waals surface area contributed by atoms with Gasteiger partial charge in [-0.15, -0.1) is 0 Å². The lowest BCUT2D eigenvalue weighted by Gasteiger charge is -2.18. The van der Waals surface area contributed by atoms with Crippen molar-refractivity contribution in [3.63, 3.8) is 0 Å². The molecule has 144 valence electrons. The van der Waals surface area contributed by atoms with Gasteiger partial charge in [0.2, 0.25) is 5.91 Å². The van der Waals surface area contributed by atoms with Crippen LogP contribution in [0.15, 0.2) is 45.9 Å². The van der Waals surface area contributed by atoms with E-state index in [0.717, 1.165) is 0 Å². The SMILES string of the molecule is CCn1cc(-c2c(-c3ccco3)nc(N)c(C(N)=O)c2CC(N)=O)ccc1=O. The molecule has 0 bridgehead atoms. The summed E-state index contributed by atoms with van der Waals surface area (Å²) in [6.07, 6.45) is 2.77. The van der Waals surface area contributed by atoms with Crippen molar-refractivity contribution in [2.45, 2.75) is 19.9 Å². The summed E-state index contributed by atoms with van der Waals surface area (Å²) >= 11 is 0. The fraction of sp³-hybridized carbons (Fsp3) is 0.158. The molecule has 0 fully saturated rings. The van der Waals surface area contributed by atoms with Crippen molar-refractivity contribution >= 4 is 17.6 Å². The number of furan rings is 1. The smallest absolute Gasteiger partial charge is 0.252 e. The number of nitrogen functional groups attached to an aromatic ring is 1. The highest BCUT2D eigenvalue weighted by molar-refractivity contribution is 6.03. The number of carbonyl (C=O) groups excluding carboxylic acids is 2. The second-order valence-corrected chi connectivity index (χ2v) is 6.10. The number of primary amides is 2. The molecule has 9 nitrogen and oxygen atoms in total. The first-order valence-electron chi connectivity index (χ1n) is 8.48. The fourth-order valence-corrected chi connectivity index (χ4v) is 3.11. The number of nitrogens with zero attached hydrogens (tertiary/aromatic N) is 2. The second-order valence-electron chi connectivity index (χ2n) is 6.10. The number of hydrogen-bond donors (Lipinski definition) is 3. The number of nitrogens with two attached hydrogens (primary N) is 3. The Morgan fingerprint density at radius 3 is 2.54 bits per heavy atom. The van der Waals surface area contributed by atoms with Gasteiger partial charge in [-0.25, -0.2) is 4.98 Å². The van der Waals surface area contributed by atoms with Crippen LogP contribution in [0, 0.1) is 0 Å². The minimum Gasteiger partial charge on any atom is -0.463 e. The average molecular weight is 381 g/mol. The highest BCUT2D eigenvalue weighted by atomic mass is 16.3. The number of hydrogen-bond acceptors (Lipinski definition) is 6. The van der Waals surface area contributed by atoms with E-state index in [1.54, 1.807) is 24.4 Å². The Morgan fingerprint density at radius 2 is 1.96 bits per heavy atom. The Morgan fingerprint density at radius 1 is 1.21 bits per heavy atom. The molecule has 0 atom stereocenters. The van der Waals surface area contributed by atoms with E-state index in [4.69, 9.17) is 21.6 Å². The zero-order valence-corrected chi connectivity index (χ0v) is 15.1. The van der Waals surface area contributed by atoms with Crippen LogP contribution in [0.2, 0.25) is 0 Å². The summed E-state index contributed by atoms with van der Waals surface area (Å²) in [6, 6.07) is 6.29. The van der Waals surface area contributed by atoms with Crippen LogP contribution in [0.25, 0.3) is 22.6 Å². The first kappa shape index (κ1) is 18.9. The molecule has 0 aliphatic heterocycles. The molecule has 3 aromatic heterocycles. The van der Waals surface area contributed by atoms with Gasteiger partial charge in [0, 0.05) is 29.9 Å². The minimum atomic E-state index is -0.836. The molecule has 0 radical (unpaired) electrons. The van der Waals surface area contributed by atoms with Crippen LogP contribution in [0.3, 0.4) is 0 Å². The standard InChI is InChI=1S/C19H19N5O4/c1-2-24-9-10(5-6-14(24)26)15-11(8-13(20)25)16(19(22)27)18(21)23-17(15)12-4-3-7-28-12/h3-7,9H,2,8H2,1H3,(H2,20,25)(H2,21,23)(H2,22,27). The van der Waals surface area contributed by atoms with Gasteiger partial charge in [-0.3, -0.25) is 14.4 Å². The first-order chi connectivity index (χ1) is 13.3. The molecule has 0 spiro atoms. The molecule has 0 unspecified atom stereocenters. The molecule has 3 aromatic rings. The molecule has 2 amide bonds. The number of aryl methyl sites for hydroxylation is 1. The van der Waals surface area contributed by atoms with Crippen molar-refractivity contribution < 1.29 is 14.0 Å². The predicted octanol–water partition coefficient (Wildman–Crippen LogP) is 0.899. The van der Waals surface area contributed by atoms with Crippen LogP contribution < -0.4 is 22.8 Å². The Kier molecular flexibility index (Phi) is 4.99. The number of carbonyl (C=O) groups is 2. The van der Waals surface area contributed by atoms with Gasteiger partial charge in [-0.05, 0) is 30.7 Å². The minimum absolute atomic E-state index is 0.0849. The molecule has 0 aromatic carbocycles. The quantitative estimate of drug-likeness (QED) is 0.575. The maximum atomic E-state index is 12.1. The third kappa shape index (κ3) is 3.37. The van der Waals surface area contributed by atoms with Gasteiger partial charge in [0.05, 0.1) is 18.2 Å². The van der Waals surface area contributed by atoms with Crippen LogP contribution in [-0.4, -0.2) is 21.4 Å². The van der Waals surface area contributed by atoms with Crippen LogP contribution in [-0.2, 0) is 17.8 Å². The van der Waals surface area contributed by atoms with Gasteiger partial charge in [-0.2, -0.15) is 0 Å². The number of amides is 2. The number of anilines is 1. The van der Waals surface area contributed by atoms with E-state index in [-0.39, 0.29) is 28.9 Å². The van der Waals surface area contributed by atoms with Gasteiger partial charge in [0.25, 0.3) is 11.5 Å². The highest BCUT2D eigenvalue weighted by Gasteiger charge is 2.26. The van der Waals surface area contributed by atoms with Crippen molar-refractivity contribution in [3.05, 3.63) is 58.2 Å². The molecule has 0 saturated carbocycles. The summed E-state index contributed by atoms with van der Waals surface area (Å²) in [4.78, 5) is 40.1. The zero-order valence-electron chi connectivity index (χ0n) is 15.1. The monoisotopic (exact) mass is 381 g/mol. The maximum absolute atomic E-state index is 12.1. The van der Waals surface area contributed by atoms with Crippen molar-refractivity contribution in [1.29, 1.82) is 0 Å². The number of aromatic nitrogens is 2. The van der Waals surface area contributed by atoms with E-state index < -0.39 is 11.8 Å². The molecular formula is C19H19N5O4. The van der Waals surface area contributed by atoms with Crippen molar-refractivity contribution in [1.82, 2.24) is 9.55 Å². The van der Waals surface area contributed by atoms with Crippen LogP contribution in [0.1, 0.15) is 22.8 Å². The van der Waals surface area contributed by atoms with E-state index in [1.165, 1.54) is 16.9 Å². The largest absolute Gasteiger partial charge is 0.463 e. The fourth-order valence-electron chi connectivity index (χ4n) is 3.11. The van der Waals surface area contributed by atoms with Crippen LogP contribution in [0.5, 0.6) is 0 Å². The molecule has 3 heterocycles.